The van der Waals surface area contributed by atoms with Gasteiger partial charge in [0.25, 0.3) is 0 Å². The van der Waals surface area contributed by atoms with E-state index in [9.17, 15) is 0 Å². The van der Waals surface area contributed by atoms with Crippen molar-refractivity contribution in [1.82, 2.24) is 15.1 Å². The van der Waals surface area contributed by atoms with Crippen LogP contribution in [0.25, 0.3) is 0 Å². The third kappa shape index (κ3) is 4.50. The van der Waals surface area contributed by atoms with Crippen LogP contribution in [0.1, 0.15) is 37.9 Å². The van der Waals surface area contributed by atoms with Gasteiger partial charge < -0.3 is 14.6 Å². The van der Waals surface area contributed by atoms with Gasteiger partial charge in [-0.3, -0.25) is 9.89 Å². The Labute approximate surface area is 139 Å². The van der Waals surface area contributed by atoms with E-state index in [-0.39, 0.29) is 0 Å². The second-order valence-electron chi connectivity index (χ2n) is 6.62. The van der Waals surface area contributed by atoms with E-state index in [0.717, 1.165) is 43.8 Å². The molecule has 0 radical (unpaired) electrons. The third-order valence-corrected chi connectivity index (χ3v) is 5.15. The molecule has 1 saturated carbocycles. The number of guanidine groups is 1. The average Bonchev–Trinajstić information content (AvgIpc) is 3.13. The summed E-state index contributed by atoms with van der Waals surface area (Å²) in [4.78, 5) is 9.54. The Balaban J connectivity index is 1.41. The normalized spacial score (nSPS) is 21.6. The zero-order chi connectivity index (χ0) is 15.9. The Hall–Kier alpha value is -1.49. The summed E-state index contributed by atoms with van der Waals surface area (Å²) in [5.74, 6) is 2.05. The summed E-state index contributed by atoms with van der Waals surface area (Å²) in [7, 11) is 1.88. The molecule has 23 heavy (non-hydrogen) atoms. The van der Waals surface area contributed by atoms with Gasteiger partial charge in [0.05, 0.1) is 6.26 Å². The number of furan rings is 1. The fourth-order valence-corrected chi connectivity index (χ4v) is 3.83. The minimum Gasteiger partial charge on any atom is -0.469 e. The van der Waals surface area contributed by atoms with E-state index in [1.54, 1.807) is 6.26 Å². The van der Waals surface area contributed by atoms with Gasteiger partial charge in [-0.25, -0.2) is 0 Å². The number of nitrogens with zero attached hydrogens (tertiary/aromatic N) is 3. The zero-order valence-corrected chi connectivity index (χ0v) is 14.3. The molecule has 1 N–H and O–H groups in total. The maximum absolute atomic E-state index is 5.38. The smallest absolute Gasteiger partial charge is 0.193 e. The first kappa shape index (κ1) is 16.4. The van der Waals surface area contributed by atoms with Crippen molar-refractivity contribution in [3.63, 3.8) is 0 Å². The van der Waals surface area contributed by atoms with Gasteiger partial charge in [0.15, 0.2) is 5.96 Å². The Morgan fingerprint density at radius 2 is 2.00 bits per heavy atom. The molecule has 2 heterocycles. The molecule has 0 aromatic carbocycles. The Morgan fingerprint density at radius 1 is 1.22 bits per heavy atom. The summed E-state index contributed by atoms with van der Waals surface area (Å²) in [6.45, 7) is 5.37. The van der Waals surface area contributed by atoms with E-state index in [1.807, 2.05) is 19.2 Å². The molecular weight excluding hydrogens is 288 g/mol. The number of hydrogen-bond acceptors (Lipinski definition) is 3. The molecule has 5 nitrogen and oxygen atoms in total. The number of hydrogen-bond donors (Lipinski definition) is 1. The molecule has 128 valence electrons. The van der Waals surface area contributed by atoms with Crippen molar-refractivity contribution >= 4 is 5.96 Å². The number of nitrogens with one attached hydrogen (secondary N) is 1. The SMILES string of the molecule is CN=C(NCCc1ccco1)N1CCN(C2CCCCC2)CC1. The lowest BCUT2D eigenvalue weighted by Crippen LogP contribution is -2.55. The topological polar surface area (TPSA) is 44.0 Å². The largest absolute Gasteiger partial charge is 0.469 e. The second-order valence-corrected chi connectivity index (χ2v) is 6.62. The van der Waals surface area contributed by atoms with Gasteiger partial charge in [0, 0.05) is 52.2 Å². The van der Waals surface area contributed by atoms with E-state index in [0.29, 0.717) is 0 Å². The molecule has 1 aromatic heterocycles. The van der Waals surface area contributed by atoms with Crippen LogP contribution in [0.2, 0.25) is 0 Å². The molecule has 1 aliphatic heterocycles. The molecule has 0 bridgehead atoms. The van der Waals surface area contributed by atoms with Gasteiger partial charge in [-0.1, -0.05) is 19.3 Å². The number of piperazine rings is 1. The molecule has 1 aromatic rings. The van der Waals surface area contributed by atoms with Crippen LogP contribution in [-0.4, -0.2) is 61.6 Å². The van der Waals surface area contributed by atoms with Crippen LogP contribution in [-0.2, 0) is 6.42 Å². The van der Waals surface area contributed by atoms with Crippen molar-refractivity contribution in [3.8, 4) is 0 Å². The lowest BCUT2D eigenvalue weighted by atomic mass is 9.94. The lowest BCUT2D eigenvalue weighted by molar-refractivity contribution is 0.106. The molecule has 2 fully saturated rings. The van der Waals surface area contributed by atoms with E-state index < -0.39 is 0 Å². The Morgan fingerprint density at radius 3 is 2.65 bits per heavy atom. The van der Waals surface area contributed by atoms with Gasteiger partial charge in [-0.2, -0.15) is 0 Å². The first-order valence-corrected chi connectivity index (χ1v) is 9.09. The van der Waals surface area contributed by atoms with Crippen molar-refractivity contribution in [3.05, 3.63) is 24.2 Å². The van der Waals surface area contributed by atoms with Gasteiger partial charge in [-0.05, 0) is 25.0 Å². The molecular formula is C18H30N4O. The Kier molecular flexibility index (Phi) is 5.97. The molecule has 0 atom stereocenters. The second kappa shape index (κ2) is 8.39. The highest BCUT2D eigenvalue weighted by Gasteiger charge is 2.26. The molecule has 2 aliphatic rings. The predicted octanol–water partition coefficient (Wildman–Crippen LogP) is 2.35. The standard InChI is InChI=1S/C18H30N4O/c1-19-18(20-10-9-17-8-5-15-23-17)22-13-11-21(12-14-22)16-6-3-2-4-7-16/h5,8,15-16H,2-4,6-7,9-14H2,1H3,(H,19,20). The Bertz CT molecular complexity index is 471. The number of aliphatic imine (C=N–C) groups is 1. The van der Waals surface area contributed by atoms with Crippen LogP contribution in [0.3, 0.4) is 0 Å². The molecule has 5 heteroatoms. The summed E-state index contributed by atoms with van der Waals surface area (Å²) in [5, 5.41) is 3.47. The fourth-order valence-electron chi connectivity index (χ4n) is 3.83. The molecule has 0 spiro atoms. The van der Waals surface area contributed by atoms with E-state index >= 15 is 0 Å². The zero-order valence-electron chi connectivity index (χ0n) is 14.3. The minimum atomic E-state index is 0.833. The summed E-state index contributed by atoms with van der Waals surface area (Å²) < 4.78 is 5.38. The monoisotopic (exact) mass is 318 g/mol. The predicted molar refractivity (Wildman–Crippen MR) is 93.8 cm³/mol. The highest BCUT2D eigenvalue weighted by Crippen LogP contribution is 2.23. The minimum absolute atomic E-state index is 0.833. The van der Waals surface area contributed by atoms with Crippen molar-refractivity contribution in [2.45, 2.75) is 44.6 Å². The first-order chi connectivity index (χ1) is 11.4. The summed E-state index contributed by atoms with van der Waals surface area (Å²) in [6, 6.07) is 4.79. The molecule has 1 saturated heterocycles. The fraction of sp³-hybridized carbons (Fsp3) is 0.722. The first-order valence-electron chi connectivity index (χ1n) is 9.09. The van der Waals surface area contributed by atoms with Crippen molar-refractivity contribution in [2.75, 3.05) is 39.8 Å². The maximum Gasteiger partial charge on any atom is 0.193 e. The van der Waals surface area contributed by atoms with E-state index in [4.69, 9.17) is 4.42 Å². The van der Waals surface area contributed by atoms with Gasteiger partial charge >= 0.3 is 0 Å². The molecule has 0 unspecified atom stereocenters. The number of rotatable bonds is 4. The highest BCUT2D eigenvalue weighted by atomic mass is 16.3. The molecule has 0 amide bonds. The molecule has 1 aliphatic carbocycles. The third-order valence-electron chi connectivity index (χ3n) is 5.15. The van der Waals surface area contributed by atoms with Crippen LogP contribution in [0.15, 0.2) is 27.8 Å². The maximum atomic E-state index is 5.38. The van der Waals surface area contributed by atoms with Gasteiger partial charge in [-0.15, -0.1) is 0 Å². The quantitative estimate of drug-likeness (QED) is 0.684. The lowest BCUT2D eigenvalue weighted by Gasteiger charge is -2.41. The summed E-state index contributed by atoms with van der Waals surface area (Å²) >= 11 is 0. The van der Waals surface area contributed by atoms with Crippen LogP contribution >= 0.6 is 0 Å². The summed E-state index contributed by atoms with van der Waals surface area (Å²) in [5.41, 5.74) is 0. The highest BCUT2D eigenvalue weighted by molar-refractivity contribution is 5.80. The van der Waals surface area contributed by atoms with Crippen LogP contribution in [0.4, 0.5) is 0 Å². The van der Waals surface area contributed by atoms with E-state index in [1.165, 1.54) is 45.2 Å². The van der Waals surface area contributed by atoms with E-state index in [2.05, 4.69) is 20.1 Å². The summed E-state index contributed by atoms with van der Waals surface area (Å²) in [6.07, 6.45) is 9.69. The van der Waals surface area contributed by atoms with Crippen molar-refractivity contribution in [1.29, 1.82) is 0 Å². The van der Waals surface area contributed by atoms with Crippen molar-refractivity contribution in [2.24, 2.45) is 4.99 Å². The van der Waals surface area contributed by atoms with Crippen molar-refractivity contribution < 1.29 is 4.42 Å². The van der Waals surface area contributed by atoms with Gasteiger partial charge in [0.2, 0.25) is 0 Å². The average molecular weight is 318 g/mol. The van der Waals surface area contributed by atoms with Crippen LogP contribution in [0, 0.1) is 0 Å². The van der Waals surface area contributed by atoms with Gasteiger partial charge in [0.1, 0.15) is 5.76 Å². The van der Waals surface area contributed by atoms with Crippen LogP contribution < -0.4 is 5.32 Å². The van der Waals surface area contributed by atoms with Crippen LogP contribution in [0.5, 0.6) is 0 Å². The molecule has 3 rings (SSSR count).